The minimum atomic E-state index is -0.651. The van der Waals surface area contributed by atoms with Crippen molar-refractivity contribution in [1.29, 1.82) is 0 Å². The summed E-state index contributed by atoms with van der Waals surface area (Å²) >= 11 is 13.6. The summed E-state index contributed by atoms with van der Waals surface area (Å²) in [7, 11) is 0. The van der Waals surface area contributed by atoms with E-state index in [1.165, 1.54) is 11.3 Å². The molecule has 1 amide bonds. The molecule has 1 atom stereocenters. The van der Waals surface area contributed by atoms with Crippen LogP contribution in [-0.4, -0.2) is 28.5 Å². The average molecular weight is 657 g/mol. The fourth-order valence-electron chi connectivity index (χ4n) is 5.66. The molecule has 0 N–H and O–H groups in total. The van der Waals surface area contributed by atoms with Crippen LogP contribution in [0.5, 0.6) is 5.75 Å². The third-order valence-corrected chi connectivity index (χ3v) is 9.49. The number of likely N-dealkylation sites (N-methyl/N-ethyl adjacent to an activating group) is 1. The molecule has 9 heteroatoms. The Hall–Kier alpha value is -4.17. The highest BCUT2D eigenvalue weighted by Crippen LogP contribution is 2.33. The van der Waals surface area contributed by atoms with Crippen molar-refractivity contribution < 1.29 is 9.53 Å². The standard InChI is InChI=1S/C36H31Cl2N3O3S/c1-4-40(5-2)35(43)32-22(3)39-36-41(33(32)25-12-17-27(38)18-13-25)34(42)31(45-36)20-29-28-9-7-6-8-24(28)14-19-30(29)44-21-23-10-15-26(37)16-11-23/h6-20,33H,4-5,21H2,1-3H3/b31-20+/t33-/m0/s1. The van der Waals surface area contributed by atoms with Crippen LogP contribution in [0.15, 0.2) is 106 Å². The second-order valence-electron chi connectivity index (χ2n) is 10.7. The summed E-state index contributed by atoms with van der Waals surface area (Å²) in [6.07, 6.45) is 1.88. The van der Waals surface area contributed by atoms with Gasteiger partial charge in [-0.05, 0) is 79.1 Å². The molecule has 228 valence electrons. The normalized spacial score (nSPS) is 14.8. The van der Waals surface area contributed by atoms with Crippen molar-refractivity contribution in [2.45, 2.75) is 33.4 Å². The third-order valence-electron chi connectivity index (χ3n) is 8.00. The van der Waals surface area contributed by atoms with E-state index in [2.05, 4.69) is 0 Å². The zero-order valence-corrected chi connectivity index (χ0v) is 27.4. The average Bonchev–Trinajstić information content (AvgIpc) is 3.35. The summed E-state index contributed by atoms with van der Waals surface area (Å²) in [5.74, 6) is 0.514. The Morgan fingerprint density at radius 3 is 2.31 bits per heavy atom. The Morgan fingerprint density at radius 1 is 0.956 bits per heavy atom. The molecular weight excluding hydrogens is 625 g/mol. The van der Waals surface area contributed by atoms with Gasteiger partial charge in [-0.3, -0.25) is 14.2 Å². The highest BCUT2D eigenvalue weighted by atomic mass is 35.5. The molecule has 0 fully saturated rings. The van der Waals surface area contributed by atoms with Crippen molar-refractivity contribution in [2.24, 2.45) is 4.99 Å². The molecule has 1 aromatic heterocycles. The zero-order valence-electron chi connectivity index (χ0n) is 25.1. The maximum Gasteiger partial charge on any atom is 0.271 e. The van der Waals surface area contributed by atoms with Crippen LogP contribution in [0.2, 0.25) is 10.0 Å². The van der Waals surface area contributed by atoms with Gasteiger partial charge in [0.15, 0.2) is 4.80 Å². The van der Waals surface area contributed by atoms with Gasteiger partial charge in [-0.2, -0.15) is 0 Å². The first kappa shape index (κ1) is 30.8. The van der Waals surface area contributed by atoms with Crippen molar-refractivity contribution in [1.82, 2.24) is 9.47 Å². The molecule has 0 spiro atoms. The van der Waals surface area contributed by atoms with Crippen LogP contribution < -0.4 is 19.6 Å². The number of halogens is 2. The summed E-state index contributed by atoms with van der Waals surface area (Å²) in [5, 5.41) is 3.22. The third kappa shape index (κ3) is 6.08. The van der Waals surface area contributed by atoms with Crippen LogP contribution in [0.25, 0.3) is 16.8 Å². The van der Waals surface area contributed by atoms with E-state index in [4.69, 9.17) is 32.9 Å². The number of hydrogen-bond acceptors (Lipinski definition) is 5. The molecule has 45 heavy (non-hydrogen) atoms. The number of amides is 1. The van der Waals surface area contributed by atoms with Crippen molar-refractivity contribution in [3.8, 4) is 5.75 Å². The zero-order chi connectivity index (χ0) is 31.7. The first-order chi connectivity index (χ1) is 21.8. The molecule has 0 radical (unpaired) electrons. The lowest BCUT2D eigenvalue weighted by atomic mass is 9.94. The molecule has 0 saturated heterocycles. The summed E-state index contributed by atoms with van der Waals surface area (Å²) in [6, 6.07) is 26.1. The predicted molar refractivity (Wildman–Crippen MR) is 183 cm³/mol. The van der Waals surface area contributed by atoms with Gasteiger partial charge in [-0.25, -0.2) is 4.99 Å². The number of nitrogens with zero attached hydrogens (tertiary/aromatic N) is 3. The van der Waals surface area contributed by atoms with Crippen LogP contribution in [0.4, 0.5) is 0 Å². The van der Waals surface area contributed by atoms with Crippen molar-refractivity contribution in [3.05, 3.63) is 143 Å². The SMILES string of the molecule is CCN(CC)C(=O)C1=C(C)N=c2s/c(=C/c3c(OCc4ccc(Cl)cc4)ccc4ccccc34)c(=O)n2[C@H]1c1ccc(Cl)cc1. The van der Waals surface area contributed by atoms with E-state index in [0.29, 0.717) is 56.1 Å². The molecule has 1 aliphatic rings. The molecule has 6 nitrogen and oxygen atoms in total. The molecular formula is C36H31Cl2N3O3S. The number of fused-ring (bicyclic) bond motifs is 2. The van der Waals surface area contributed by atoms with E-state index >= 15 is 0 Å². The lowest BCUT2D eigenvalue weighted by Gasteiger charge is -2.29. The summed E-state index contributed by atoms with van der Waals surface area (Å²) in [6.45, 7) is 7.16. The van der Waals surface area contributed by atoms with Crippen LogP contribution in [-0.2, 0) is 11.4 Å². The van der Waals surface area contributed by atoms with Gasteiger partial charge in [0.25, 0.3) is 11.5 Å². The minimum absolute atomic E-state index is 0.137. The molecule has 1 aliphatic heterocycles. The van der Waals surface area contributed by atoms with E-state index in [0.717, 1.165) is 27.5 Å². The maximum absolute atomic E-state index is 14.4. The van der Waals surface area contributed by atoms with Crippen LogP contribution >= 0.6 is 34.5 Å². The Kier molecular flexibility index (Phi) is 8.95. The van der Waals surface area contributed by atoms with Gasteiger partial charge in [0.05, 0.1) is 21.8 Å². The highest BCUT2D eigenvalue weighted by Gasteiger charge is 2.34. The number of rotatable bonds is 8. The van der Waals surface area contributed by atoms with E-state index < -0.39 is 6.04 Å². The van der Waals surface area contributed by atoms with Gasteiger partial charge in [0.2, 0.25) is 0 Å². The first-order valence-electron chi connectivity index (χ1n) is 14.7. The van der Waals surface area contributed by atoms with Crippen LogP contribution in [0, 0.1) is 0 Å². The fourth-order valence-corrected chi connectivity index (χ4v) is 6.94. The second-order valence-corrected chi connectivity index (χ2v) is 12.6. The molecule has 0 unspecified atom stereocenters. The van der Waals surface area contributed by atoms with Crippen LogP contribution in [0.1, 0.15) is 43.5 Å². The number of carbonyl (C=O) groups excluding carboxylic acids is 1. The first-order valence-corrected chi connectivity index (χ1v) is 16.3. The molecule has 6 rings (SSSR count). The number of aromatic nitrogens is 1. The fraction of sp³-hybridized carbons (Fsp3) is 0.194. The van der Waals surface area contributed by atoms with Crippen molar-refractivity contribution in [2.75, 3.05) is 13.1 Å². The molecule has 0 aliphatic carbocycles. The summed E-state index contributed by atoms with van der Waals surface area (Å²) in [4.78, 5) is 35.3. The molecule has 0 saturated carbocycles. The highest BCUT2D eigenvalue weighted by molar-refractivity contribution is 7.07. The van der Waals surface area contributed by atoms with Crippen molar-refractivity contribution >= 4 is 57.3 Å². The van der Waals surface area contributed by atoms with Gasteiger partial charge < -0.3 is 9.64 Å². The van der Waals surface area contributed by atoms with Crippen LogP contribution in [0.3, 0.4) is 0 Å². The minimum Gasteiger partial charge on any atom is -0.488 e. The smallest absolute Gasteiger partial charge is 0.271 e. The Morgan fingerprint density at radius 2 is 1.62 bits per heavy atom. The number of hydrogen-bond donors (Lipinski definition) is 0. The Balaban J connectivity index is 1.52. The van der Waals surface area contributed by atoms with E-state index in [9.17, 15) is 9.59 Å². The number of ether oxygens (including phenoxy) is 1. The molecule has 2 heterocycles. The maximum atomic E-state index is 14.4. The molecule has 5 aromatic rings. The quantitative estimate of drug-likeness (QED) is 0.178. The summed E-state index contributed by atoms with van der Waals surface area (Å²) in [5.41, 5.74) is 3.41. The van der Waals surface area contributed by atoms with E-state index in [-0.39, 0.29) is 11.5 Å². The van der Waals surface area contributed by atoms with Gasteiger partial charge in [0, 0.05) is 28.7 Å². The monoisotopic (exact) mass is 655 g/mol. The Bertz CT molecular complexity index is 2110. The van der Waals surface area contributed by atoms with Gasteiger partial charge in [-0.15, -0.1) is 0 Å². The number of thiazole rings is 1. The number of carbonyl (C=O) groups is 1. The molecule has 0 bridgehead atoms. The lowest BCUT2D eigenvalue weighted by molar-refractivity contribution is -0.127. The van der Waals surface area contributed by atoms with E-state index in [1.807, 2.05) is 99.6 Å². The van der Waals surface area contributed by atoms with Gasteiger partial charge in [0.1, 0.15) is 12.4 Å². The van der Waals surface area contributed by atoms with E-state index in [1.54, 1.807) is 21.6 Å². The Labute approximate surface area is 275 Å². The largest absolute Gasteiger partial charge is 0.488 e. The topological polar surface area (TPSA) is 63.9 Å². The van der Waals surface area contributed by atoms with Gasteiger partial charge >= 0.3 is 0 Å². The number of allylic oxidation sites excluding steroid dienone is 1. The van der Waals surface area contributed by atoms with Gasteiger partial charge in [-0.1, -0.05) is 89.1 Å². The predicted octanol–water partition coefficient (Wildman–Crippen LogP) is 7.14. The second kappa shape index (κ2) is 13.1. The lowest BCUT2D eigenvalue weighted by Crippen LogP contribution is -2.43. The summed E-state index contributed by atoms with van der Waals surface area (Å²) < 4.78 is 8.46. The van der Waals surface area contributed by atoms with Crippen molar-refractivity contribution in [3.63, 3.8) is 0 Å². The molecule has 4 aromatic carbocycles. The number of benzene rings is 4.